The lowest BCUT2D eigenvalue weighted by molar-refractivity contribution is -0.276. The number of ether oxygens (including phenoxy) is 2. The lowest BCUT2D eigenvalue weighted by atomic mass is 9.89. The molecule has 0 bridgehead atoms. The van der Waals surface area contributed by atoms with E-state index >= 15 is 0 Å². The summed E-state index contributed by atoms with van der Waals surface area (Å²) in [6.45, 7) is 8.01. The molecule has 2 amide bonds. The van der Waals surface area contributed by atoms with Crippen LogP contribution in [0.15, 0.2) is 48.5 Å². The van der Waals surface area contributed by atoms with Crippen LogP contribution in [0.4, 0.5) is 0 Å². The van der Waals surface area contributed by atoms with E-state index in [1.165, 1.54) is 26.2 Å². The summed E-state index contributed by atoms with van der Waals surface area (Å²) in [6, 6.07) is 16.2. The Hall–Kier alpha value is -2.78. The predicted molar refractivity (Wildman–Crippen MR) is 159 cm³/mol. The van der Waals surface area contributed by atoms with Gasteiger partial charge in [0, 0.05) is 44.5 Å². The van der Waals surface area contributed by atoms with Crippen molar-refractivity contribution in [3.05, 3.63) is 70.8 Å². The third-order valence-corrected chi connectivity index (χ3v) is 8.21. The monoisotopic (exact) mass is 565 g/mol. The zero-order chi connectivity index (χ0) is 29.0. The highest BCUT2D eigenvalue weighted by atomic mass is 16.7. The molecule has 2 heterocycles. The number of rotatable bonds is 13. The SMILES string of the molecule is CC(=O)NCCCCCC(=O)NCc1ccc([C@@H]2O[C@H](CN3CCCCC3)[C@H](C)[C@H](c3ccc(CO)cc3)O2)cc1. The second-order valence-electron chi connectivity index (χ2n) is 11.5. The number of nitrogens with zero attached hydrogens (tertiary/aromatic N) is 1. The fourth-order valence-corrected chi connectivity index (χ4v) is 5.66. The molecule has 8 heteroatoms. The number of unbranched alkanes of at least 4 members (excludes halogenated alkanes) is 2. The van der Waals surface area contributed by atoms with Crippen molar-refractivity contribution >= 4 is 11.8 Å². The average molecular weight is 566 g/mol. The fraction of sp³-hybridized carbons (Fsp3) is 0.576. The van der Waals surface area contributed by atoms with E-state index in [1.54, 1.807) is 0 Å². The molecule has 0 aliphatic carbocycles. The maximum Gasteiger partial charge on any atom is 0.220 e. The Labute approximate surface area is 244 Å². The second kappa shape index (κ2) is 16.0. The second-order valence-corrected chi connectivity index (χ2v) is 11.5. The summed E-state index contributed by atoms with van der Waals surface area (Å²) in [5, 5.41) is 15.3. The van der Waals surface area contributed by atoms with Gasteiger partial charge in [0.1, 0.15) is 0 Å². The van der Waals surface area contributed by atoms with Gasteiger partial charge in [0.25, 0.3) is 0 Å². The van der Waals surface area contributed by atoms with Crippen LogP contribution in [0.25, 0.3) is 0 Å². The molecule has 41 heavy (non-hydrogen) atoms. The summed E-state index contributed by atoms with van der Waals surface area (Å²) in [4.78, 5) is 25.7. The molecule has 8 nitrogen and oxygen atoms in total. The molecule has 2 aromatic carbocycles. The van der Waals surface area contributed by atoms with Gasteiger partial charge in [-0.25, -0.2) is 0 Å². The number of aliphatic hydroxyl groups excluding tert-OH is 1. The summed E-state index contributed by atoms with van der Waals surface area (Å²) in [5.41, 5.74) is 3.98. The number of hydrogen-bond donors (Lipinski definition) is 3. The van der Waals surface area contributed by atoms with Gasteiger partial charge in [-0.05, 0) is 55.5 Å². The Bertz CT molecular complexity index is 1090. The summed E-state index contributed by atoms with van der Waals surface area (Å²) >= 11 is 0. The highest BCUT2D eigenvalue weighted by Crippen LogP contribution is 2.42. The molecule has 0 unspecified atom stereocenters. The van der Waals surface area contributed by atoms with Crippen LogP contribution < -0.4 is 10.6 Å². The zero-order valence-electron chi connectivity index (χ0n) is 24.6. The molecule has 3 N–H and O–H groups in total. The minimum atomic E-state index is -0.482. The molecule has 2 aliphatic heterocycles. The van der Waals surface area contributed by atoms with Gasteiger partial charge in [-0.15, -0.1) is 0 Å². The summed E-state index contributed by atoms with van der Waals surface area (Å²) < 4.78 is 13.2. The Kier molecular flexibility index (Phi) is 12.2. The first kappa shape index (κ1) is 31.2. The number of hydrogen-bond acceptors (Lipinski definition) is 6. The molecule has 2 aromatic rings. The standard InChI is InChI=1S/C33H47N3O5/c1-24-30(22-36-19-7-4-8-20-36)40-33(41-32(24)28-14-12-27(23-37)13-15-28)29-16-10-26(11-17-29)21-35-31(39)9-5-3-6-18-34-25(2)38/h10-17,24,30,32-33,37H,3-9,18-23H2,1-2H3,(H,34,38)(H,35,39)/t24-,30+,32+,33+/m0/s1. The van der Waals surface area contributed by atoms with Crippen molar-refractivity contribution in [1.29, 1.82) is 0 Å². The van der Waals surface area contributed by atoms with Gasteiger partial charge in [-0.2, -0.15) is 0 Å². The van der Waals surface area contributed by atoms with Gasteiger partial charge in [0.05, 0.1) is 18.8 Å². The molecule has 4 atom stereocenters. The van der Waals surface area contributed by atoms with Crippen LogP contribution in [-0.2, 0) is 32.2 Å². The molecule has 224 valence electrons. The first-order chi connectivity index (χ1) is 19.9. The van der Waals surface area contributed by atoms with Crippen LogP contribution in [0.1, 0.15) is 93.4 Å². The summed E-state index contributed by atoms with van der Waals surface area (Å²) in [6.07, 6.45) is 6.30. The van der Waals surface area contributed by atoms with Gasteiger partial charge in [0.15, 0.2) is 6.29 Å². The van der Waals surface area contributed by atoms with E-state index in [9.17, 15) is 14.7 Å². The Morgan fingerprint density at radius 1 is 0.878 bits per heavy atom. The minimum absolute atomic E-state index is 0.0180. The molecule has 2 aliphatic rings. The van der Waals surface area contributed by atoms with Crippen molar-refractivity contribution in [3.8, 4) is 0 Å². The van der Waals surface area contributed by atoms with Crippen LogP contribution in [0.3, 0.4) is 0 Å². The van der Waals surface area contributed by atoms with Crippen LogP contribution in [0.5, 0.6) is 0 Å². The van der Waals surface area contributed by atoms with E-state index in [4.69, 9.17) is 9.47 Å². The Morgan fingerprint density at radius 3 is 2.24 bits per heavy atom. The van der Waals surface area contributed by atoms with Crippen molar-refractivity contribution < 1.29 is 24.2 Å². The van der Waals surface area contributed by atoms with Crippen LogP contribution in [0.2, 0.25) is 0 Å². The maximum absolute atomic E-state index is 12.3. The smallest absolute Gasteiger partial charge is 0.220 e. The lowest BCUT2D eigenvalue weighted by Crippen LogP contribution is -2.45. The van der Waals surface area contributed by atoms with Crippen molar-refractivity contribution in [2.45, 2.75) is 90.4 Å². The minimum Gasteiger partial charge on any atom is -0.392 e. The molecular formula is C33H47N3O5. The highest BCUT2D eigenvalue weighted by molar-refractivity contribution is 5.75. The normalized spacial score (nSPS) is 23.2. The average Bonchev–Trinajstić information content (AvgIpc) is 2.99. The third-order valence-electron chi connectivity index (χ3n) is 8.21. The Balaban J connectivity index is 1.34. The molecule has 0 aromatic heterocycles. The van der Waals surface area contributed by atoms with Crippen LogP contribution in [0, 0.1) is 5.92 Å². The van der Waals surface area contributed by atoms with Gasteiger partial charge in [-0.3, -0.25) is 9.59 Å². The van der Waals surface area contributed by atoms with Gasteiger partial charge >= 0.3 is 0 Å². The van der Waals surface area contributed by atoms with Crippen LogP contribution in [-0.4, -0.2) is 54.1 Å². The molecule has 0 spiro atoms. The quantitative estimate of drug-likeness (QED) is 0.303. The number of benzene rings is 2. The number of nitrogens with one attached hydrogen (secondary N) is 2. The first-order valence-electron chi connectivity index (χ1n) is 15.3. The lowest BCUT2D eigenvalue weighted by Gasteiger charge is -2.43. The van der Waals surface area contributed by atoms with E-state index in [2.05, 4.69) is 34.6 Å². The van der Waals surface area contributed by atoms with Crippen molar-refractivity contribution in [3.63, 3.8) is 0 Å². The number of piperidine rings is 1. The number of carbonyl (C=O) groups excluding carboxylic acids is 2. The molecule has 2 saturated heterocycles. The molecule has 0 radical (unpaired) electrons. The van der Waals surface area contributed by atoms with Gasteiger partial charge < -0.3 is 30.1 Å². The van der Waals surface area contributed by atoms with Crippen molar-refractivity contribution in [2.24, 2.45) is 5.92 Å². The van der Waals surface area contributed by atoms with E-state index < -0.39 is 6.29 Å². The van der Waals surface area contributed by atoms with Crippen LogP contribution >= 0.6 is 0 Å². The van der Waals surface area contributed by atoms with E-state index in [0.717, 1.165) is 61.2 Å². The predicted octanol–water partition coefficient (Wildman–Crippen LogP) is 4.77. The Morgan fingerprint density at radius 2 is 1.56 bits per heavy atom. The third kappa shape index (κ3) is 9.64. The fourth-order valence-electron chi connectivity index (χ4n) is 5.66. The number of aliphatic hydroxyl groups is 1. The van der Waals surface area contributed by atoms with Gasteiger partial charge in [0.2, 0.25) is 11.8 Å². The highest BCUT2D eigenvalue weighted by Gasteiger charge is 2.39. The van der Waals surface area contributed by atoms with Crippen molar-refractivity contribution in [2.75, 3.05) is 26.2 Å². The number of amides is 2. The maximum atomic E-state index is 12.3. The molecule has 4 rings (SSSR count). The topological polar surface area (TPSA) is 100 Å². The molecule has 2 fully saturated rings. The molecular weight excluding hydrogens is 518 g/mol. The first-order valence-corrected chi connectivity index (χ1v) is 15.3. The summed E-state index contributed by atoms with van der Waals surface area (Å²) in [7, 11) is 0. The largest absolute Gasteiger partial charge is 0.392 e. The van der Waals surface area contributed by atoms with E-state index in [1.807, 2.05) is 36.4 Å². The van der Waals surface area contributed by atoms with E-state index in [-0.39, 0.29) is 36.5 Å². The van der Waals surface area contributed by atoms with Gasteiger partial charge in [-0.1, -0.05) is 68.3 Å². The van der Waals surface area contributed by atoms with Crippen molar-refractivity contribution in [1.82, 2.24) is 15.5 Å². The number of carbonyl (C=O) groups is 2. The van der Waals surface area contributed by atoms with E-state index in [0.29, 0.717) is 19.5 Å². The summed E-state index contributed by atoms with van der Waals surface area (Å²) in [5.74, 6) is 0.195. The zero-order valence-corrected chi connectivity index (χ0v) is 24.6. The number of likely N-dealkylation sites (tertiary alicyclic amines) is 1. The molecule has 0 saturated carbocycles.